The fraction of sp³-hybridized carbons (Fsp3) is 0.600. The molecule has 0 spiro atoms. The van der Waals surface area contributed by atoms with Gasteiger partial charge in [0.2, 0.25) is 10.0 Å². The van der Waals surface area contributed by atoms with Crippen molar-refractivity contribution in [2.45, 2.75) is 52.0 Å². The maximum absolute atomic E-state index is 12.4. The Kier molecular flexibility index (Phi) is 5.41. The lowest BCUT2D eigenvalue weighted by atomic mass is 9.89. The van der Waals surface area contributed by atoms with Gasteiger partial charge in [0.15, 0.2) is 0 Å². The van der Waals surface area contributed by atoms with Crippen LogP contribution in [0.5, 0.6) is 0 Å². The Morgan fingerprint density at radius 1 is 1.24 bits per heavy atom. The number of hydrogen-bond acceptors (Lipinski definition) is 4. The van der Waals surface area contributed by atoms with Crippen LogP contribution in [0, 0.1) is 19.3 Å². The van der Waals surface area contributed by atoms with Crippen molar-refractivity contribution in [1.29, 1.82) is 0 Å². The maximum Gasteiger partial charge on any atom is 0.241 e. The van der Waals surface area contributed by atoms with Gasteiger partial charge >= 0.3 is 0 Å². The Morgan fingerprint density at radius 3 is 2.14 bits per heavy atom. The first-order chi connectivity index (χ1) is 9.42. The second-order valence-corrected chi connectivity index (χ2v) is 8.46. The van der Waals surface area contributed by atoms with Crippen LogP contribution in [-0.4, -0.2) is 26.2 Å². The van der Waals surface area contributed by atoms with Crippen molar-refractivity contribution in [1.82, 2.24) is 4.72 Å². The van der Waals surface area contributed by atoms with Gasteiger partial charge in [-0.25, -0.2) is 13.1 Å². The average molecular weight is 314 g/mol. The molecule has 4 N–H and O–H groups in total. The first-order valence-corrected chi connectivity index (χ1v) is 8.45. The van der Waals surface area contributed by atoms with Gasteiger partial charge in [0.1, 0.15) is 0 Å². The molecule has 0 saturated carbocycles. The van der Waals surface area contributed by atoms with E-state index in [0.29, 0.717) is 23.2 Å². The van der Waals surface area contributed by atoms with E-state index >= 15 is 0 Å². The molecule has 0 aromatic heterocycles. The van der Waals surface area contributed by atoms with Gasteiger partial charge < -0.3 is 10.8 Å². The van der Waals surface area contributed by atoms with Gasteiger partial charge in [0, 0.05) is 12.2 Å². The van der Waals surface area contributed by atoms with Crippen LogP contribution in [0.25, 0.3) is 0 Å². The molecule has 0 amide bonds. The van der Waals surface area contributed by atoms with E-state index in [-0.39, 0.29) is 16.9 Å². The molecule has 1 unspecified atom stereocenters. The summed E-state index contributed by atoms with van der Waals surface area (Å²) in [6.07, 6.45) is -0.191. The molecule has 0 saturated heterocycles. The molecule has 1 atom stereocenters. The second kappa shape index (κ2) is 6.34. The molecule has 0 heterocycles. The highest BCUT2D eigenvalue weighted by atomic mass is 32.2. The number of rotatable bonds is 5. The van der Waals surface area contributed by atoms with Crippen molar-refractivity contribution in [3.05, 3.63) is 23.3 Å². The minimum atomic E-state index is -3.65. The van der Waals surface area contributed by atoms with Crippen molar-refractivity contribution in [2.24, 2.45) is 5.41 Å². The summed E-state index contributed by atoms with van der Waals surface area (Å²) in [4.78, 5) is 0.236. The smallest absolute Gasteiger partial charge is 0.241 e. The fourth-order valence-electron chi connectivity index (χ4n) is 2.46. The molecule has 0 aliphatic heterocycles. The number of aryl methyl sites for hydroxylation is 2. The Labute approximate surface area is 127 Å². The van der Waals surface area contributed by atoms with Crippen LogP contribution in [0.15, 0.2) is 17.0 Å². The first kappa shape index (κ1) is 17.9. The van der Waals surface area contributed by atoms with E-state index in [2.05, 4.69) is 4.72 Å². The van der Waals surface area contributed by atoms with Crippen molar-refractivity contribution < 1.29 is 13.5 Å². The summed E-state index contributed by atoms with van der Waals surface area (Å²) in [5.74, 6) is 0. The van der Waals surface area contributed by atoms with Crippen molar-refractivity contribution in [2.75, 3.05) is 12.3 Å². The minimum absolute atomic E-state index is 0.00284. The summed E-state index contributed by atoms with van der Waals surface area (Å²) in [6.45, 7) is 9.42. The average Bonchev–Trinajstić information content (AvgIpc) is 2.22. The van der Waals surface area contributed by atoms with E-state index in [1.54, 1.807) is 26.0 Å². The Morgan fingerprint density at radius 2 is 1.71 bits per heavy atom. The molecule has 1 aromatic carbocycles. The molecule has 5 nitrogen and oxygen atoms in total. The molecular formula is C15H26N2O3S. The third-order valence-corrected chi connectivity index (χ3v) is 4.84. The van der Waals surface area contributed by atoms with Gasteiger partial charge in [0.25, 0.3) is 0 Å². The summed E-state index contributed by atoms with van der Waals surface area (Å²) in [7, 11) is -3.65. The van der Waals surface area contributed by atoms with Gasteiger partial charge in [-0.05, 0) is 48.9 Å². The zero-order valence-corrected chi connectivity index (χ0v) is 14.2. The van der Waals surface area contributed by atoms with Crippen LogP contribution in [-0.2, 0) is 10.0 Å². The SMILES string of the molecule is Cc1cc(N)cc(C)c1S(=O)(=O)NCC(O)CC(C)(C)C. The Balaban J connectivity index is 2.89. The molecular weight excluding hydrogens is 288 g/mol. The van der Waals surface area contributed by atoms with Crippen LogP contribution in [0.3, 0.4) is 0 Å². The van der Waals surface area contributed by atoms with Gasteiger partial charge in [0.05, 0.1) is 11.0 Å². The number of sulfonamides is 1. The van der Waals surface area contributed by atoms with Gasteiger partial charge in [-0.15, -0.1) is 0 Å². The molecule has 0 radical (unpaired) electrons. The molecule has 1 rings (SSSR count). The number of nitrogens with two attached hydrogens (primary N) is 1. The van der Waals surface area contributed by atoms with Crippen molar-refractivity contribution in [3.63, 3.8) is 0 Å². The summed E-state index contributed by atoms with van der Waals surface area (Å²) < 4.78 is 27.3. The highest BCUT2D eigenvalue weighted by Gasteiger charge is 2.22. The van der Waals surface area contributed by atoms with Crippen LogP contribution in [0.4, 0.5) is 5.69 Å². The maximum atomic E-state index is 12.4. The van der Waals surface area contributed by atoms with E-state index < -0.39 is 16.1 Å². The molecule has 21 heavy (non-hydrogen) atoms. The predicted molar refractivity (Wildman–Crippen MR) is 85.6 cm³/mol. The van der Waals surface area contributed by atoms with Crippen molar-refractivity contribution in [3.8, 4) is 0 Å². The fourth-order valence-corrected chi connectivity index (χ4v) is 3.99. The van der Waals surface area contributed by atoms with Crippen LogP contribution in [0.1, 0.15) is 38.3 Å². The Bertz CT molecular complexity index is 581. The molecule has 0 aliphatic carbocycles. The third-order valence-electron chi connectivity index (χ3n) is 3.11. The van der Waals surface area contributed by atoms with E-state index in [0.717, 1.165) is 0 Å². The normalized spacial score (nSPS) is 14.2. The molecule has 0 aliphatic rings. The van der Waals surface area contributed by atoms with E-state index in [9.17, 15) is 13.5 Å². The topological polar surface area (TPSA) is 92.4 Å². The van der Waals surface area contributed by atoms with Gasteiger partial charge in [-0.1, -0.05) is 20.8 Å². The van der Waals surface area contributed by atoms with E-state index in [4.69, 9.17) is 5.73 Å². The van der Waals surface area contributed by atoms with Crippen LogP contribution >= 0.6 is 0 Å². The van der Waals surface area contributed by atoms with Crippen molar-refractivity contribution >= 4 is 15.7 Å². The molecule has 1 aromatic rings. The summed E-state index contributed by atoms with van der Waals surface area (Å²) in [5.41, 5.74) is 7.39. The zero-order chi connectivity index (χ0) is 16.4. The number of nitrogen functional groups attached to an aromatic ring is 1. The minimum Gasteiger partial charge on any atom is -0.399 e. The predicted octanol–water partition coefficient (Wildman–Crippen LogP) is 1.96. The number of aliphatic hydroxyl groups excluding tert-OH is 1. The number of aliphatic hydroxyl groups is 1. The van der Waals surface area contributed by atoms with Crippen LogP contribution < -0.4 is 10.5 Å². The summed E-state index contributed by atoms with van der Waals surface area (Å²) >= 11 is 0. The molecule has 6 heteroatoms. The highest BCUT2D eigenvalue weighted by Crippen LogP contribution is 2.24. The van der Waals surface area contributed by atoms with Gasteiger partial charge in [-0.2, -0.15) is 0 Å². The molecule has 0 fully saturated rings. The number of nitrogens with one attached hydrogen (secondary N) is 1. The molecule has 0 bridgehead atoms. The van der Waals surface area contributed by atoms with E-state index in [1.807, 2.05) is 20.8 Å². The molecule has 120 valence electrons. The zero-order valence-electron chi connectivity index (χ0n) is 13.4. The summed E-state index contributed by atoms with van der Waals surface area (Å²) in [6, 6.07) is 3.26. The first-order valence-electron chi connectivity index (χ1n) is 6.97. The monoisotopic (exact) mass is 314 g/mol. The number of anilines is 1. The lowest BCUT2D eigenvalue weighted by Crippen LogP contribution is -2.34. The Hall–Kier alpha value is -1.11. The van der Waals surface area contributed by atoms with Crippen LogP contribution in [0.2, 0.25) is 0 Å². The van der Waals surface area contributed by atoms with E-state index in [1.165, 1.54) is 0 Å². The lowest BCUT2D eigenvalue weighted by molar-refractivity contribution is 0.125. The largest absolute Gasteiger partial charge is 0.399 e. The highest BCUT2D eigenvalue weighted by molar-refractivity contribution is 7.89. The lowest BCUT2D eigenvalue weighted by Gasteiger charge is -2.22. The van der Waals surface area contributed by atoms with Gasteiger partial charge in [-0.3, -0.25) is 0 Å². The summed E-state index contributed by atoms with van der Waals surface area (Å²) in [5, 5.41) is 9.93. The standard InChI is InChI=1S/C15H26N2O3S/c1-10-6-12(16)7-11(2)14(10)21(19,20)17-9-13(18)8-15(3,4)5/h6-7,13,17-18H,8-9,16H2,1-5H3. The number of hydrogen-bond donors (Lipinski definition) is 3. The third kappa shape index (κ3) is 5.30. The number of benzene rings is 1. The quantitative estimate of drug-likeness (QED) is 0.724. The second-order valence-electron chi connectivity index (χ2n) is 6.75.